The second kappa shape index (κ2) is 13.7. The first kappa shape index (κ1) is 32.1. The molecule has 2 aromatic heterocycles. The first-order chi connectivity index (χ1) is 25.7. The Labute approximate surface area is 303 Å². The molecule has 1 unspecified atom stereocenters. The average molecular weight is 685 g/mol. The van der Waals surface area contributed by atoms with Crippen LogP contribution in [0.1, 0.15) is 65.4 Å². The van der Waals surface area contributed by atoms with E-state index >= 15 is 0 Å². The monoisotopic (exact) mass is 684 g/mol. The lowest BCUT2D eigenvalue weighted by atomic mass is 9.77. The molecule has 1 saturated carbocycles. The van der Waals surface area contributed by atoms with E-state index in [1.807, 2.05) is 58.2 Å². The summed E-state index contributed by atoms with van der Waals surface area (Å²) in [6, 6.07) is 45.6. The summed E-state index contributed by atoms with van der Waals surface area (Å²) in [6.45, 7) is 1.44. The number of amides is 1. The Morgan fingerprint density at radius 2 is 1.42 bits per heavy atom. The van der Waals surface area contributed by atoms with Crippen LogP contribution in [0.5, 0.6) is 0 Å². The summed E-state index contributed by atoms with van der Waals surface area (Å²) < 4.78 is 10.2. The van der Waals surface area contributed by atoms with E-state index in [0.29, 0.717) is 23.9 Å². The summed E-state index contributed by atoms with van der Waals surface area (Å²) in [5, 5.41) is 14.5. The molecule has 0 bridgehead atoms. The Bertz CT molecular complexity index is 2230. The number of ether oxygens (including phenoxy) is 1. The molecule has 1 amide bonds. The number of nitrogens with zero attached hydrogens (tertiary/aromatic N) is 5. The minimum atomic E-state index is -0.770. The van der Waals surface area contributed by atoms with Crippen molar-refractivity contribution in [3.05, 3.63) is 162 Å². The maximum absolute atomic E-state index is 13.1. The molecule has 0 radical (unpaired) electrons. The third-order valence-corrected chi connectivity index (χ3v) is 10.4. The molecule has 2 fully saturated rings. The van der Waals surface area contributed by atoms with Crippen molar-refractivity contribution in [1.82, 2.24) is 29.9 Å². The smallest absolute Gasteiger partial charge is 0.251 e. The number of carbonyl (C=O) groups is 1. The molecule has 5 aromatic carbocycles. The molecule has 1 saturated heterocycles. The number of hydrogen-bond acceptors (Lipinski definition) is 5. The molecule has 8 heteroatoms. The highest BCUT2D eigenvalue weighted by atomic mass is 16.5. The van der Waals surface area contributed by atoms with E-state index in [-0.39, 0.29) is 12.1 Å². The van der Waals surface area contributed by atoms with Crippen molar-refractivity contribution >= 4 is 16.8 Å². The molecule has 0 spiro atoms. The van der Waals surface area contributed by atoms with Gasteiger partial charge in [-0.3, -0.25) is 4.79 Å². The Morgan fingerprint density at radius 3 is 2.06 bits per heavy atom. The highest BCUT2D eigenvalue weighted by molar-refractivity contribution is 5.99. The van der Waals surface area contributed by atoms with E-state index in [9.17, 15) is 4.79 Å². The molecule has 2 aliphatic rings. The van der Waals surface area contributed by atoms with Gasteiger partial charge in [-0.2, -0.15) is 5.10 Å². The molecule has 8 nitrogen and oxygen atoms in total. The van der Waals surface area contributed by atoms with Crippen LogP contribution in [0.3, 0.4) is 0 Å². The second-order valence-electron chi connectivity index (χ2n) is 13.9. The zero-order valence-corrected chi connectivity index (χ0v) is 28.9. The van der Waals surface area contributed by atoms with Gasteiger partial charge >= 0.3 is 0 Å². The largest absolute Gasteiger partial charge is 0.356 e. The van der Waals surface area contributed by atoms with Crippen LogP contribution in [-0.4, -0.2) is 43.6 Å². The van der Waals surface area contributed by atoms with Gasteiger partial charge in [0.15, 0.2) is 12.1 Å². The third kappa shape index (κ3) is 5.89. The maximum Gasteiger partial charge on any atom is 0.251 e. The molecule has 258 valence electrons. The van der Waals surface area contributed by atoms with Gasteiger partial charge in [0.05, 0.1) is 5.52 Å². The first-order valence-corrected chi connectivity index (χ1v) is 18.3. The molecular weight excluding hydrogens is 645 g/mol. The Balaban J connectivity index is 1.17. The van der Waals surface area contributed by atoms with E-state index in [1.165, 1.54) is 12.8 Å². The van der Waals surface area contributed by atoms with Crippen LogP contribution in [0.4, 0.5) is 0 Å². The fraction of sp³-hybridized carbons (Fsp3) is 0.227. The highest BCUT2D eigenvalue weighted by Crippen LogP contribution is 2.41. The van der Waals surface area contributed by atoms with Crippen molar-refractivity contribution in [2.45, 2.75) is 43.9 Å². The van der Waals surface area contributed by atoms with E-state index in [4.69, 9.17) is 19.9 Å². The quantitative estimate of drug-likeness (QED) is 0.146. The minimum Gasteiger partial charge on any atom is -0.356 e. The Morgan fingerprint density at radius 1 is 0.731 bits per heavy atom. The maximum atomic E-state index is 13.1. The topological polar surface area (TPSA) is 86.9 Å². The summed E-state index contributed by atoms with van der Waals surface area (Å²) in [7, 11) is 0. The van der Waals surface area contributed by atoms with Crippen molar-refractivity contribution in [2.24, 2.45) is 5.92 Å². The van der Waals surface area contributed by atoms with Crippen LogP contribution in [0.2, 0.25) is 0 Å². The molecule has 52 heavy (non-hydrogen) atoms. The number of nitrogens with one attached hydrogen (secondary N) is 1. The van der Waals surface area contributed by atoms with Crippen molar-refractivity contribution in [3.8, 4) is 22.6 Å². The number of aromatic nitrogens is 5. The lowest BCUT2D eigenvalue weighted by molar-refractivity contribution is -0.0365. The van der Waals surface area contributed by atoms with Gasteiger partial charge in [0.1, 0.15) is 17.6 Å². The van der Waals surface area contributed by atoms with Crippen LogP contribution in [0.15, 0.2) is 140 Å². The number of rotatable bonds is 10. The zero-order chi connectivity index (χ0) is 34.9. The van der Waals surface area contributed by atoms with Gasteiger partial charge < -0.3 is 10.1 Å². The van der Waals surface area contributed by atoms with Gasteiger partial charge in [-0.15, -0.1) is 5.10 Å². The fourth-order valence-electron chi connectivity index (χ4n) is 7.59. The van der Waals surface area contributed by atoms with Gasteiger partial charge in [-0.25, -0.2) is 14.3 Å². The molecule has 9 rings (SSSR count). The van der Waals surface area contributed by atoms with Gasteiger partial charge in [0.25, 0.3) is 5.91 Å². The van der Waals surface area contributed by atoms with E-state index < -0.39 is 5.54 Å². The zero-order valence-electron chi connectivity index (χ0n) is 28.9. The summed E-state index contributed by atoms with van der Waals surface area (Å²) in [5.41, 5.74) is 6.63. The predicted octanol–water partition coefficient (Wildman–Crippen LogP) is 8.64. The molecule has 1 atom stereocenters. The van der Waals surface area contributed by atoms with Crippen molar-refractivity contribution < 1.29 is 9.53 Å². The molecule has 7 aromatic rings. The molecule has 3 heterocycles. The summed E-state index contributed by atoms with van der Waals surface area (Å²) in [6.07, 6.45) is 7.10. The van der Waals surface area contributed by atoms with Crippen molar-refractivity contribution in [2.75, 3.05) is 13.2 Å². The number of benzene rings is 5. The Kier molecular flexibility index (Phi) is 8.45. The lowest BCUT2D eigenvalue weighted by Crippen LogP contribution is -2.38. The fourth-order valence-corrected chi connectivity index (χ4v) is 7.59. The first-order valence-electron chi connectivity index (χ1n) is 18.3. The van der Waals surface area contributed by atoms with Gasteiger partial charge in [-0.05, 0) is 85.0 Å². The normalized spacial score (nSPS) is 16.2. The summed E-state index contributed by atoms with van der Waals surface area (Å²) >= 11 is 0. The summed E-state index contributed by atoms with van der Waals surface area (Å²) in [4.78, 5) is 18.1. The van der Waals surface area contributed by atoms with Crippen LogP contribution in [0.25, 0.3) is 33.5 Å². The number of hydrogen-bond donors (Lipinski definition) is 1. The average Bonchev–Trinajstić information content (AvgIpc) is 3.78. The number of fused-ring (bicyclic) bond motifs is 1. The SMILES string of the molecule is O=C(NCC1CC1)c1cccc(-c2nn(C3CCCCO3)c3ccc(-c4ncn(C(c5ccccc5)(c5ccccc5)c5ccccc5)n4)cc23)c1. The third-order valence-electron chi connectivity index (χ3n) is 10.4. The van der Waals surface area contributed by atoms with E-state index in [1.54, 1.807) is 0 Å². The lowest BCUT2D eigenvalue weighted by Gasteiger charge is -2.35. The van der Waals surface area contributed by atoms with Crippen molar-refractivity contribution in [1.29, 1.82) is 0 Å². The van der Waals surface area contributed by atoms with Crippen LogP contribution in [0, 0.1) is 5.92 Å². The minimum absolute atomic E-state index is 0.0535. The highest BCUT2D eigenvalue weighted by Gasteiger charge is 2.40. The van der Waals surface area contributed by atoms with E-state index in [2.05, 4.69) is 96.3 Å². The number of carbonyl (C=O) groups excluding carboxylic acids is 1. The van der Waals surface area contributed by atoms with Gasteiger partial charge in [0.2, 0.25) is 0 Å². The van der Waals surface area contributed by atoms with Gasteiger partial charge in [-0.1, -0.05) is 103 Å². The molecule has 1 aliphatic carbocycles. The summed E-state index contributed by atoms with van der Waals surface area (Å²) in [5.74, 6) is 1.16. The standard InChI is InChI=1S/C44H40N6O2/c51-43(45-29-31-22-23-31)34-14-12-13-32(27-34)41-38-28-33(24-25-39(38)50(47-41)40-21-10-11-26-52-40)42-46-30-49(48-42)44(35-15-4-1-5-16-35,36-17-6-2-7-18-36)37-19-8-3-9-20-37/h1-9,12-20,24-25,27-28,30-31,40H,10-11,21-23,26,29H2,(H,45,51). The molecule has 1 N–H and O–H groups in total. The van der Waals surface area contributed by atoms with Crippen molar-refractivity contribution in [3.63, 3.8) is 0 Å². The van der Waals surface area contributed by atoms with Gasteiger partial charge in [0, 0.05) is 35.2 Å². The van der Waals surface area contributed by atoms with Crippen LogP contribution >= 0.6 is 0 Å². The molecule has 1 aliphatic heterocycles. The predicted molar refractivity (Wildman–Crippen MR) is 203 cm³/mol. The van der Waals surface area contributed by atoms with E-state index in [0.717, 1.165) is 70.2 Å². The van der Waals surface area contributed by atoms with Crippen LogP contribution < -0.4 is 5.32 Å². The Hall–Kier alpha value is -5.86. The second-order valence-corrected chi connectivity index (χ2v) is 13.9. The van der Waals surface area contributed by atoms with Crippen LogP contribution in [-0.2, 0) is 10.3 Å². The molecular formula is C44H40N6O2.